The Labute approximate surface area is 132 Å². The predicted molar refractivity (Wildman–Crippen MR) is 87.9 cm³/mol. The summed E-state index contributed by atoms with van der Waals surface area (Å²) in [6.45, 7) is 4.53. The summed E-state index contributed by atoms with van der Waals surface area (Å²) >= 11 is 0. The number of carbonyl (C=O) groups is 2. The minimum Gasteiger partial charge on any atom is -0.352 e. The lowest BCUT2D eigenvalue weighted by molar-refractivity contribution is -0.121. The summed E-state index contributed by atoms with van der Waals surface area (Å²) in [6, 6.07) is 7.18. The molecular formula is C17H25N3O2. The predicted octanol–water partition coefficient (Wildman–Crippen LogP) is 2.11. The van der Waals surface area contributed by atoms with Gasteiger partial charge in [-0.1, -0.05) is 19.1 Å². The fourth-order valence-corrected chi connectivity index (χ4v) is 2.63. The molecule has 120 valence electrons. The number of nitrogens with one attached hydrogen (secondary N) is 2. The number of anilines is 1. The third kappa shape index (κ3) is 4.31. The van der Waals surface area contributed by atoms with Crippen LogP contribution in [-0.4, -0.2) is 43.4 Å². The van der Waals surface area contributed by atoms with Gasteiger partial charge in [0.05, 0.1) is 11.3 Å². The molecule has 0 atom stereocenters. The van der Waals surface area contributed by atoms with Crippen molar-refractivity contribution in [2.24, 2.45) is 5.92 Å². The van der Waals surface area contributed by atoms with Gasteiger partial charge in [0.15, 0.2) is 0 Å². The first-order valence-corrected chi connectivity index (χ1v) is 7.98. The Morgan fingerprint density at radius 3 is 2.59 bits per heavy atom. The smallest absolute Gasteiger partial charge is 0.253 e. The van der Waals surface area contributed by atoms with E-state index in [1.165, 1.54) is 0 Å². The molecule has 0 bridgehead atoms. The van der Waals surface area contributed by atoms with E-state index in [1.54, 1.807) is 12.1 Å². The number of likely N-dealkylation sites (tertiary alicyclic amines) is 1. The van der Waals surface area contributed by atoms with Crippen LogP contribution in [0, 0.1) is 5.92 Å². The number of rotatable bonds is 5. The van der Waals surface area contributed by atoms with Gasteiger partial charge in [-0.3, -0.25) is 9.59 Å². The van der Waals surface area contributed by atoms with Gasteiger partial charge < -0.3 is 15.5 Å². The van der Waals surface area contributed by atoms with Crippen LogP contribution in [0.5, 0.6) is 0 Å². The molecule has 0 spiro atoms. The summed E-state index contributed by atoms with van der Waals surface area (Å²) in [5.74, 6) is -0.0899. The van der Waals surface area contributed by atoms with Crippen molar-refractivity contribution in [3.8, 4) is 0 Å². The van der Waals surface area contributed by atoms with Crippen molar-refractivity contribution in [2.45, 2.75) is 26.2 Å². The lowest BCUT2D eigenvalue weighted by atomic mass is 9.96. The Balaban J connectivity index is 2.03. The zero-order valence-corrected chi connectivity index (χ0v) is 13.4. The molecule has 2 N–H and O–H groups in total. The minimum absolute atomic E-state index is 0.0174. The van der Waals surface area contributed by atoms with Crippen molar-refractivity contribution >= 4 is 17.5 Å². The highest BCUT2D eigenvalue weighted by molar-refractivity contribution is 6.04. The average molecular weight is 303 g/mol. The summed E-state index contributed by atoms with van der Waals surface area (Å²) in [4.78, 5) is 26.8. The van der Waals surface area contributed by atoms with Crippen LogP contribution in [0.1, 0.15) is 36.5 Å². The molecule has 1 fully saturated rings. The molecule has 1 heterocycles. The van der Waals surface area contributed by atoms with E-state index < -0.39 is 0 Å². The second kappa shape index (κ2) is 7.94. The molecule has 0 aliphatic carbocycles. The van der Waals surface area contributed by atoms with E-state index in [-0.39, 0.29) is 17.7 Å². The number of carbonyl (C=O) groups excluding carboxylic acids is 2. The van der Waals surface area contributed by atoms with E-state index in [0.717, 1.165) is 32.4 Å². The fourth-order valence-electron chi connectivity index (χ4n) is 2.63. The lowest BCUT2D eigenvalue weighted by Crippen LogP contribution is -2.36. The summed E-state index contributed by atoms with van der Waals surface area (Å²) in [6.07, 6.45) is 2.62. The second-order valence-corrected chi connectivity index (χ2v) is 5.87. The van der Waals surface area contributed by atoms with Crippen molar-refractivity contribution in [1.82, 2.24) is 10.2 Å². The molecule has 0 radical (unpaired) electrons. The van der Waals surface area contributed by atoms with Gasteiger partial charge in [-0.25, -0.2) is 0 Å². The third-order valence-electron chi connectivity index (χ3n) is 4.05. The molecule has 0 aromatic heterocycles. The van der Waals surface area contributed by atoms with Gasteiger partial charge in [-0.2, -0.15) is 0 Å². The maximum absolute atomic E-state index is 12.4. The highest BCUT2D eigenvalue weighted by Gasteiger charge is 2.24. The summed E-state index contributed by atoms with van der Waals surface area (Å²) < 4.78 is 0. The lowest BCUT2D eigenvalue weighted by Gasteiger charge is -2.28. The van der Waals surface area contributed by atoms with Gasteiger partial charge in [0.1, 0.15) is 0 Å². The number of piperidine rings is 1. The number of hydrogen-bond donors (Lipinski definition) is 2. The Bertz CT molecular complexity index is 522. The van der Waals surface area contributed by atoms with E-state index in [4.69, 9.17) is 0 Å². The molecule has 22 heavy (non-hydrogen) atoms. The highest BCUT2D eigenvalue weighted by atomic mass is 16.2. The van der Waals surface area contributed by atoms with E-state index in [0.29, 0.717) is 17.8 Å². The Hall–Kier alpha value is -1.88. The van der Waals surface area contributed by atoms with Crippen molar-refractivity contribution < 1.29 is 9.59 Å². The van der Waals surface area contributed by atoms with Gasteiger partial charge in [-0.15, -0.1) is 0 Å². The summed E-state index contributed by atoms with van der Waals surface area (Å²) in [5, 5.41) is 5.78. The monoisotopic (exact) mass is 303 g/mol. The van der Waals surface area contributed by atoms with Crippen molar-refractivity contribution in [3.05, 3.63) is 29.8 Å². The molecular weight excluding hydrogens is 278 g/mol. The maximum atomic E-state index is 12.4. The Morgan fingerprint density at radius 2 is 1.91 bits per heavy atom. The summed E-state index contributed by atoms with van der Waals surface area (Å²) in [5.41, 5.74) is 1.12. The van der Waals surface area contributed by atoms with Crippen LogP contribution in [0.15, 0.2) is 24.3 Å². The van der Waals surface area contributed by atoms with Gasteiger partial charge in [0, 0.05) is 12.5 Å². The molecule has 5 nitrogen and oxygen atoms in total. The Morgan fingerprint density at radius 1 is 1.23 bits per heavy atom. The van der Waals surface area contributed by atoms with Gasteiger partial charge in [0.25, 0.3) is 5.91 Å². The molecule has 1 aromatic rings. The van der Waals surface area contributed by atoms with Crippen LogP contribution in [0.2, 0.25) is 0 Å². The van der Waals surface area contributed by atoms with Crippen LogP contribution < -0.4 is 10.6 Å². The molecule has 1 saturated heterocycles. The summed E-state index contributed by atoms with van der Waals surface area (Å²) in [7, 11) is 2.07. The highest BCUT2D eigenvalue weighted by Crippen LogP contribution is 2.20. The SMILES string of the molecule is CCCNC(=O)c1ccccc1NC(=O)C1CCN(C)CC1. The van der Waals surface area contributed by atoms with E-state index in [9.17, 15) is 9.59 Å². The largest absolute Gasteiger partial charge is 0.352 e. The number of benzene rings is 1. The second-order valence-electron chi connectivity index (χ2n) is 5.87. The van der Waals surface area contributed by atoms with E-state index in [2.05, 4.69) is 22.6 Å². The molecule has 1 aromatic carbocycles. The number of amides is 2. The van der Waals surface area contributed by atoms with Gasteiger partial charge in [-0.05, 0) is 51.5 Å². The molecule has 1 aliphatic heterocycles. The van der Waals surface area contributed by atoms with Crippen molar-refractivity contribution in [3.63, 3.8) is 0 Å². The molecule has 2 amide bonds. The third-order valence-corrected chi connectivity index (χ3v) is 4.05. The minimum atomic E-state index is -0.138. The van der Waals surface area contributed by atoms with Crippen molar-refractivity contribution in [2.75, 3.05) is 32.0 Å². The molecule has 5 heteroatoms. The molecule has 0 saturated carbocycles. The van der Waals surface area contributed by atoms with E-state index in [1.807, 2.05) is 19.1 Å². The molecule has 1 aliphatic rings. The van der Waals surface area contributed by atoms with Crippen molar-refractivity contribution in [1.29, 1.82) is 0 Å². The molecule has 0 unspecified atom stereocenters. The fraction of sp³-hybridized carbons (Fsp3) is 0.529. The Kier molecular flexibility index (Phi) is 5.95. The average Bonchev–Trinajstić information content (AvgIpc) is 2.53. The van der Waals surface area contributed by atoms with Crippen LogP contribution in [0.25, 0.3) is 0 Å². The first-order chi connectivity index (χ1) is 10.6. The zero-order valence-electron chi connectivity index (χ0n) is 13.4. The standard InChI is InChI=1S/C17H25N3O2/c1-3-10-18-17(22)14-6-4-5-7-15(14)19-16(21)13-8-11-20(2)12-9-13/h4-7,13H,3,8-12H2,1-2H3,(H,18,22)(H,19,21). The topological polar surface area (TPSA) is 61.4 Å². The van der Waals surface area contributed by atoms with E-state index >= 15 is 0 Å². The van der Waals surface area contributed by atoms with Crippen LogP contribution in [-0.2, 0) is 4.79 Å². The van der Waals surface area contributed by atoms with Crippen LogP contribution in [0.3, 0.4) is 0 Å². The maximum Gasteiger partial charge on any atom is 0.253 e. The molecule has 2 rings (SSSR count). The normalized spacial score (nSPS) is 16.3. The number of hydrogen-bond acceptors (Lipinski definition) is 3. The van der Waals surface area contributed by atoms with Gasteiger partial charge >= 0.3 is 0 Å². The first-order valence-electron chi connectivity index (χ1n) is 7.98. The number of nitrogens with zero attached hydrogens (tertiary/aromatic N) is 1. The quantitative estimate of drug-likeness (QED) is 0.876. The van der Waals surface area contributed by atoms with Crippen LogP contribution >= 0.6 is 0 Å². The van der Waals surface area contributed by atoms with Gasteiger partial charge in [0.2, 0.25) is 5.91 Å². The first kappa shape index (κ1) is 16.5. The number of para-hydroxylation sites is 1. The zero-order chi connectivity index (χ0) is 15.9. The van der Waals surface area contributed by atoms with Crippen LogP contribution in [0.4, 0.5) is 5.69 Å².